The molecule has 2 aliphatic heterocycles. The first-order valence-electron chi connectivity index (χ1n) is 13.7. The fourth-order valence-electron chi connectivity index (χ4n) is 5.99. The summed E-state index contributed by atoms with van der Waals surface area (Å²) in [5.74, 6) is -0.912. The highest BCUT2D eigenvalue weighted by atomic mass is 35.5. The summed E-state index contributed by atoms with van der Waals surface area (Å²) < 4.78 is 35.2. The van der Waals surface area contributed by atoms with Crippen molar-refractivity contribution in [3.8, 4) is 0 Å². The summed E-state index contributed by atoms with van der Waals surface area (Å²) in [6.07, 6.45) is -3.49. The van der Waals surface area contributed by atoms with E-state index in [4.69, 9.17) is 30.6 Å². The molecule has 0 saturated carbocycles. The summed E-state index contributed by atoms with van der Waals surface area (Å²) in [5, 5.41) is 21.4. The van der Waals surface area contributed by atoms with E-state index in [9.17, 15) is 24.2 Å². The molecule has 234 valence electrons. The number of hydrogen-bond acceptors (Lipinski definition) is 10. The van der Waals surface area contributed by atoms with Crippen LogP contribution >= 0.6 is 26.8 Å². The zero-order valence-electron chi connectivity index (χ0n) is 23.1. The van der Waals surface area contributed by atoms with Crippen LogP contribution < -0.4 is 4.90 Å². The van der Waals surface area contributed by atoms with E-state index >= 15 is 0 Å². The van der Waals surface area contributed by atoms with Crippen LogP contribution in [0.25, 0.3) is 11.2 Å². The van der Waals surface area contributed by atoms with Gasteiger partial charge in [0.1, 0.15) is 18.3 Å². The molecule has 5 unspecified atom stereocenters. The first-order chi connectivity index (χ1) is 20.9. The maximum atomic E-state index is 12.1. The number of ether oxygens (including phenoxy) is 1. The predicted octanol–water partition coefficient (Wildman–Crippen LogP) is 2.63. The lowest BCUT2D eigenvalue weighted by Crippen LogP contribution is -2.33. The Morgan fingerprint density at radius 1 is 0.977 bits per heavy atom. The zero-order valence-corrected chi connectivity index (χ0v) is 25.6. The van der Waals surface area contributed by atoms with Crippen LogP contribution in [0.4, 0.5) is 5.82 Å². The van der Waals surface area contributed by atoms with E-state index in [1.54, 1.807) is 0 Å². The number of anilines is 1. The van der Waals surface area contributed by atoms with E-state index in [1.807, 2.05) is 36.4 Å². The molecule has 2 aromatic heterocycles. The SMILES string of the molecule is O=P(O)(O)CP(=O)(O)OCC1OC(n2cnc3c(N4CCC(c5ccccc5)(c5ccccc5)C4)nc(Cl)nc32)C(O)C1O. The average Bonchev–Trinajstić information content (AvgIpc) is 3.68. The Balaban J connectivity index is 1.28. The summed E-state index contributed by atoms with van der Waals surface area (Å²) in [6.45, 7) is 0.493. The Bertz CT molecular complexity index is 1700. The summed E-state index contributed by atoms with van der Waals surface area (Å²) >= 11 is 6.40. The molecular weight excluding hydrogens is 636 g/mol. The minimum atomic E-state index is -4.85. The van der Waals surface area contributed by atoms with Crippen molar-refractivity contribution in [2.24, 2.45) is 0 Å². The number of halogens is 1. The van der Waals surface area contributed by atoms with Gasteiger partial charge in [0.25, 0.3) is 0 Å². The highest BCUT2D eigenvalue weighted by Crippen LogP contribution is 2.55. The first kappa shape index (κ1) is 31.3. The third-order valence-corrected chi connectivity index (χ3v) is 11.6. The van der Waals surface area contributed by atoms with Gasteiger partial charge >= 0.3 is 15.2 Å². The monoisotopic (exact) mass is 665 g/mol. The second kappa shape index (κ2) is 11.9. The largest absolute Gasteiger partial charge is 0.387 e. The number of aliphatic hydroxyl groups excluding tert-OH is 2. The predicted molar refractivity (Wildman–Crippen MR) is 159 cm³/mol. The molecule has 2 aliphatic rings. The smallest absolute Gasteiger partial charge is 0.340 e. The van der Waals surface area contributed by atoms with Crippen LogP contribution in [0.5, 0.6) is 0 Å². The van der Waals surface area contributed by atoms with Crippen LogP contribution in [0, 0.1) is 0 Å². The van der Waals surface area contributed by atoms with Crippen molar-refractivity contribution in [2.45, 2.75) is 36.4 Å². The normalized spacial score (nSPS) is 25.0. The van der Waals surface area contributed by atoms with E-state index in [0.29, 0.717) is 24.4 Å². The second-order valence-corrected chi connectivity index (χ2v) is 15.2. The van der Waals surface area contributed by atoms with Gasteiger partial charge in [-0.05, 0) is 29.1 Å². The molecule has 5 N–H and O–H groups in total. The van der Waals surface area contributed by atoms with E-state index in [2.05, 4.69) is 44.1 Å². The van der Waals surface area contributed by atoms with Crippen molar-refractivity contribution in [1.29, 1.82) is 0 Å². The molecule has 0 aliphatic carbocycles. The number of fused-ring (bicyclic) bond motifs is 1. The van der Waals surface area contributed by atoms with Gasteiger partial charge in [0.2, 0.25) is 5.28 Å². The summed E-state index contributed by atoms with van der Waals surface area (Å²) in [5.41, 5.74) is 2.60. The maximum absolute atomic E-state index is 12.1. The van der Waals surface area contributed by atoms with Crippen molar-refractivity contribution < 1.29 is 43.3 Å². The quantitative estimate of drug-likeness (QED) is 0.129. The number of nitrogens with zero attached hydrogens (tertiary/aromatic N) is 5. The van der Waals surface area contributed by atoms with Crippen LogP contribution in [0.1, 0.15) is 23.8 Å². The van der Waals surface area contributed by atoms with Crippen molar-refractivity contribution in [3.63, 3.8) is 0 Å². The maximum Gasteiger partial charge on any atom is 0.340 e. The minimum Gasteiger partial charge on any atom is -0.387 e. The molecule has 17 heteroatoms. The molecule has 4 heterocycles. The van der Waals surface area contributed by atoms with Gasteiger partial charge in [0, 0.05) is 18.5 Å². The molecular formula is C27H30ClN5O9P2. The molecule has 2 saturated heterocycles. The molecule has 0 radical (unpaired) electrons. The van der Waals surface area contributed by atoms with Crippen molar-refractivity contribution in [1.82, 2.24) is 19.5 Å². The van der Waals surface area contributed by atoms with E-state index in [-0.39, 0.29) is 16.3 Å². The molecule has 2 fully saturated rings. The molecule has 44 heavy (non-hydrogen) atoms. The van der Waals surface area contributed by atoms with Gasteiger partial charge < -0.3 is 39.1 Å². The van der Waals surface area contributed by atoms with Crippen molar-refractivity contribution in [3.05, 3.63) is 83.4 Å². The topological polar surface area (TPSA) is 201 Å². The molecule has 2 aromatic carbocycles. The highest BCUT2D eigenvalue weighted by molar-refractivity contribution is 7.70. The number of benzene rings is 2. The van der Waals surface area contributed by atoms with Gasteiger partial charge in [-0.3, -0.25) is 13.7 Å². The van der Waals surface area contributed by atoms with E-state index in [0.717, 1.165) is 17.5 Å². The zero-order chi connectivity index (χ0) is 31.3. The van der Waals surface area contributed by atoms with Gasteiger partial charge in [-0.15, -0.1) is 0 Å². The van der Waals surface area contributed by atoms with Crippen LogP contribution in [0.15, 0.2) is 67.0 Å². The van der Waals surface area contributed by atoms with Crippen LogP contribution in [-0.2, 0) is 23.8 Å². The second-order valence-electron chi connectivity index (χ2n) is 10.9. The Labute approximate surface area is 256 Å². The Morgan fingerprint density at radius 2 is 1.61 bits per heavy atom. The molecule has 4 aromatic rings. The molecule has 14 nitrogen and oxygen atoms in total. The van der Waals surface area contributed by atoms with Crippen LogP contribution in [0.2, 0.25) is 5.28 Å². The lowest BCUT2D eigenvalue weighted by molar-refractivity contribution is -0.0483. The summed E-state index contributed by atoms with van der Waals surface area (Å²) in [4.78, 5) is 43.3. The summed E-state index contributed by atoms with van der Waals surface area (Å²) in [7, 11) is -9.56. The lowest BCUT2D eigenvalue weighted by Gasteiger charge is -2.31. The van der Waals surface area contributed by atoms with Gasteiger partial charge in [-0.25, -0.2) is 4.98 Å². The molecule has 0 spiro atoms. The average molecular weight is 666 g/mol. The number of aliphatic hydroxyl groups is 2. The number of imidazole rings is 1. The van der Waals surface area contributed by atoms with Crippen LogP contribution in [0.3, 0.4) is 0 Å². The first-order valence-corrected chi connectivity index (χ1v) is 17.6. The Morgan fingerprint density at radius 3 is 2.23 bits per heavy atom. The van der Waals surface area contributed by atoms with Gasteiger partial charge in [0.15, 0.2) is 29.1 Å². The highest BCUT2D eigenvalue weighted by Gasteiger charge is 2.46. The van der Waals surface area contributed by atoms with Crippen molar-refractivity contribution in [2.75, 3.05) is 30.5 Å². The third kappa shape index (κ3) is 6.08. The Hall–Kier alpha value is -2.74. The molecule has 0 amide bonds. The summed E-state index contributed by atoms with van der Waals surface area (Å²) in [6, 6.07) is 20.5. The van der Waals surface area contributed by atoms with Crippen LogP contribution in [-0.4, -0.2) is 88.3 Å². The van der Waals surface area contributed by atoms with E-state index < -0.39 is 52.2 Å². The van der Waals surface area contributed by atoms with Gasteiger partial charge in [-0.2, -0.15) is 9.97 Å². The number of aromatic nitrogens is 4. The minimum absolute atomic E-state index is 0.0715. The van der Waals surface area contributed by atoms with E-state index in [1.165, 1.54) is 10.9 Å². The molecule has 0 bridgehead atoms. The number of rotatable bonds is 9. The molecule has 6 rings (SSSR count). The van der Waals surface area contributed by atoms with Crippen molar-refractivity contribution >= 4 is 43.8 Å². The fourth-order valence-corrected chi connectivity index (χ4v) is 8.71. The third-order valence-electron chi connectivity index (χ3n) is 8.01. The number of hydrogen-bond donors (Lipinski definition) is 5. The fraction of sp³-hybridized carbons (Fsp3) is 0.370. The van der Waals surface area contributed by atoms with Gasteiger partial charge in [0.05, 0.1) is 12.9 Å². The molecule has 5 atom stereocenters. The Kier molecular flexibility index (Phi) is 8.44. The lowest BCUT2D eigenvalue weighted by atomic mass is 9.74. The van der Waals surface area contributed by atoms with Gasteiger partial charge in [-0.1, -0.05) is 60.7 Å². The standard InChI is InChI=1S/C27H30ClN5O9P2/c28-26-30-23(32-12-11-27(14-32,17-7-3-1-4-8-17)18-9-5-2-6-10-18)20-24(31-26)33(15-29-20)25-22(35)21(34)19(42-25)13-41-44(39,40)16-43(36,37)38/h1-10,15,19,21-22,25,34-35H,11-14,16H2,(H,39,40)(H2,36,37,38).